The van der Waals surface area contributed by atoms with E-state index in [-0.39, 0.29) is 12.6 Å². The second-order valence-electron chi connectivity index (χ2n) is 5.53. The Bertz CT molecular complexity index is 409. The van der Waals surface area contributed by atoms with E-state index in [4.69, 9.17) is 5.11 Å². The maximum absolute atomic E-state index is 11.8. The van der Waals surface area contributed by atoms with Crippen LogP contribution in [0.2, 0.25) is 0 Å². The molecule has 1 saturated heterocycles. The lowest BCUT2D eigenvalue weighted by molar-refractivity contribution is -0.144. The molecule has 2 fully saturated rings. The molecule has 21 heavy (non-hydrogen) atoms. The fourth-order valence-corrected chi connectivity index (χ4v) is 2.82. The zero-order chi connectivity index (χ0) is 15.2. The summed E-state index contributed by atoms with van der Waals surface area (Å²) in [4.78, 5) is 36.2. The molecule has 1 saturated carbocycles. The number of hydrogen-bond acceptors (Lipinski definition) is 5. The van der Waals surface area contributed by atoms with Gasteiger partial charge in [-0.3, -0.25) is 19.8 Å². The van der Waals surface area contributed by atoms with Crippen LogP contribution in [0.3, 0.4) is 0 Å². The van der Waals surface area contributed by atoms with E-state index in [1.807, 2.05) is 0 Å². The molecule has 0 spiro atoms. The normalized spacial score (nSPS) is 23.7. The van der Waals surface area contributed by atoms with Gasteiger partial charge in [0.25, 0.3) is 0 Å². The van der Waals surface area contributed by atoms with Crippen LogP contribution in [-0.4, -0.2) is 66.2 Å². The molecule has 0 aromatic heterocycles. The molecule has 1 aliphatic carbocycles. The van der Waals surface area contributed by atoms with E-state index in [0.717, 1.165) is 25.7 Å². The highest BCUT2D eigenvalue weighted by atomic mass is 16.4. The van der Waals surface area contributed by atoms with E-state index in [9.17, 15) is 14.4 Å². The number of carboxylic acid groups (broad SMARTS) is 1. The molecule has 8 nitrogen and oxygen atoms in total. The standard InChI is InChI=1S/C13H22N4O4/c18-11(16-13(21)15-9-3-1-2-4-9)8-17-6-5-14-7-10(17)12(19)20/h9-10,14H,1-8H2,(H,19,20)(H2,15,16,18,21). The molecule has 0 aromatic carbocycles. The summed E-state index contributed by atoms with van der Waals surface area (Å²) in [5, 5.41) is 17.1. The van der Waals surface area contributed by atoms with E-state index >= 15 is 0 Å². The van der Waals surface area contributed by atoms with Gasteiger partial charge in [-0.25, -0.2) is 4.79 Å². The fourth-order valence-electron chi connectivity index (χ4n) is 2.82. The SMILES string of the molecule is O=C(CN1CCNCC1C(=O)O)NC(=O)NC1CCCC1. The predicted octanol–water partition coefficient (Wildman–Crippen LogP) is -0.887. The number of carboxylic acids is 1. The molecule has 0 bridgehead atoms. The van der Waals surface area contributed by atoms with Crippen LogP contribution in [0.15, 0.2) is 0 Å². The third-order valence-corrected chi connectivity index (χ3v) is 3.93. The number of nitrogens with zero attached hydrogens (tertiary/aromatic N) is 1. The van der Waals surface area contributed by atoms with Gasteiger partial charge in [0.05, 0.1) is 6.54 Å². The van der Waals surface area contributed by atoms with Gasteiger partial charge < -0.3 is 15.7 Å². The maximum Gasteiger partial charge on any atom is 0.322 e. The Morgan fingerprint density at radius 3 is 2.62 bits per heavy atom. The molecule has 118 valence electrons. The summed E-state index contributed by atoms with van der Waals surface area (Å²) in [6.07, 6.45) is 4.08. The van der Waals surface area contributed by atoms with Crippen molar-refractivity contribution in [2.24, 2.45) is 0 Å². The second-order valence-corrected chi connectivity index (χ2v) is 5.53. The highest BCUT2D eigenvalue weighted by molar-refractivity contribution is 5.95. The number of urea groups is 1. The highest BCUT2D eigenvalue weighted by Gasteiger charge is 2.30. The van der Waals surface area contributed by atoms with Gasteiger partial charge in [0.1, 0.15) is 6.04 Å². The molecule has 1 heterocycles. The first-order chi connectivity index (χ1) is 10.1. The predicted molar refractivity (Wildman–Crippen MR) is 74.8 cm³/mol. The Labute approximate surface area is 123 Å². The van der Waals surface area contributed by atoms with Gasteiger partial charge in [-0.1, -0.05) is 12.8 Å². The minimum absolute atomic E-state index is 0.0866. The number of rotatable bonds is 4. The van der Waals surface area contributed by atoms with Crippen LogP contribution in [0, 0.1) is 0 Å². The molecular weight excluding hydrogens is 276 g/mol. The Hall–Kier alpha value is -1.67. The largest absolute Gasteiger partial charge is 0.480 e. The van der Waals surface area contributed by atoms with Gasteiger partial charge in [0.15, 0.2) is 0 Å². The van der Waals surface area contributed by atoms with Gasteiger partial charge >= 0.3 is 12.0 Å². The van der Waals surface area contributed by atoms with Crippen molar-refractivity contribution in [1.29, 1.82) is 0 Å². The molecular formula is C13H22N4O4. The summed E-state index contributed by atoms with van der Waals surface area (Å²) in [7, 11) is 0. The monoisotopic (exact) mass is 298 g/mol. The molecule has 3 amide bonds. The molecule has 2 rings (SSSR count). The molecule has 8 heteroatoms. The number of carbonyl (C=O) groups excluding carboxylic acids is 2. The average Bonchev–Trinajstić information content (AvgIpc) is 2.91. The molecule has 1 aliphatic heterocycles. The number of piperazine rings is 1. The molecule has 0 radical (unpaired) electrons. The van der Waals surface area contributed by atoms with Crippen LogP contribution >= 0.6 is 0 Å². The third kappa shape index (κ3) is 4.68. The van der Waals surface area contributed by atoms with E-state index in [1.165, 1.54) is 0 Å². The first-order valence-corrected chi connectivity index (χ1v) is 7.34. The van der Waals surface area contributed by atoms with Crippen LogP contribution < -0.4 is 16.0 Å². The number of hydrogen-bond donors (Lipinski definition) is 4. The molecule has 2 aliphatic rings. The Morgan fingerprint density at radius 1 is 1.24 bits per heavy atom. The average molecular weight is 298 g/mol. The minimum atomic E-state index is -0.967. The van der Waals surface area contributed by atoms with Crippen molar-refractivity contribution in [3.63, 3.8) is 0 Å². The van der Waals surface area contributed by atoms with Gasteiger partial charge in [0.2, 0.25) is 5.91 Å². The second kappa shape index (κ2) is 7.37. The van der Waals surface area contributed by atoms with Crippen LogP contribution in [0.1, 0.15) is 25.7 Å². The highest BCUT2D eigenvalue weighted by Crippen LogP contribution is 2.17. The van der Waals surface area contributed by atoms with Gasteiger partial charge in [-0.05, 0) is 12.8 Å². The molecule has 0 aromatic rings. The van der Waals surface area contributed by atoms with Crippen LogP contribution in [0.25, 0.3) is 0 Å². The Morgan fingerprint density at radius 2 is 1.95 bits per heavy atom. The van der Waals surface area contributed by atoms with Crippen molar-refractivity contribution in [3.8, 4) is 0 Å². The number of nitrogens with one attached hydrogen (secondary N) is 3. The van der Waals surface area contributed by atoms with E-state index in [0.29, 0.717) is 19.6 Å². The summed E-state index contributed by atoms with van der Waals surface area (Å²) in [6, 6.07) is -1.08. The van der Waals surface area contributed by atoms with Crippen molar-refractivity contribution in [1.82, 2.24) is 20.9 Å². The lowest BCUT2D eigenvalue weighted by atomic mass is 10.2. The summed E-state index contributed by atoms with van der Waals surface area (Å²) in [5.41, 5.74) is 0. The lowest BCUT2D eigenvalue weighted by Crippen LogP contribution is -2.58. The first kappa shape index (κ1) is 15.7. The zero-order valence-electron chi connectivity index (χ0n) is 11.9. The summed E-state index contributed by atoms with van der Waals surface area (Å²) in [5.74, 6) is -1.44. The van der Waals surface area contributed by atoms with E-state index in [2.05, 4.69) is 16.0 Å². The first-order valence-electron chi connectivity index (χ1n) is 7.34. The van der Waals surface area contributed by atoms with Crippen molar-refractivity contribution in [2.45, 2.75) is 37.8 Å². The zero-order valence-corrected chi connectivity index (χ0v) is 11.9. The minimum Gasteiger partial charge on any atom is -0.480 e. The number of aliphatic carboxylic acids is 1. The number of carbonyl (C=O) groups is 3. The van der Waals surface area contributed by atoms with Crippen molar-refractivity contribution in [2.75, 3.05) is 26.2 Å². The maximum atomic E-state index is 11.8. The molecule has 1 atom stereocenters. The van der Waals surface area contributed by atoms with E-state index in [1.54, 1.807) is 4.90 Å². The summed E-state index contributed by atoms with van der Waals surface area (Å²) >= 11 is 0. The van der Waals surface area contributed by atoms with Gasteiger partial charge in [0, 0.05) is 25.7 Å². The van der Waals surface area contributed by atoms with Crippen LogP contribution in [0.5, 0.6) is 0 Å². The van der Waals surface area contributed by atoms with Crippen LogP contribution in [0.4, 0.5) is 4.79 Å². The Kier molecular flexibility index (Phi) is 5.51. The Balaban J connectivity index is 1.77. The number of amides is 3. The van der Waals surface area contributed by atoms with Crippen molar-refractivity contribution < 1.29 is 19.5 Å². The number of imide groups is 1. The topological polar surface area (TPSA) is 111 Å². The van der Waals surface area contributed by atoms with Crippen molar-refractivity contribution in [3.05, 3.63) is 0 Å². The molecule has 1 unspecified atom stereocenters. The smallest absolute Gasteiger partial charge is 0.322 e. The summed E-state index contributed by atoms with van der Waals surface area (Å²) < 4.78 is 0. The molecule has 4 N–H and O–H groups in total. The summed E-state index contributed by atoms with van der Waals surface area (Å²) in [6.45, 7) is 1.31. The van der Waals surface area contributed by atoms with E-state index < -0.39 is 23.9 Å². The fraction of sp³-hybridized carbons (Fsp3) is 0.769. The van der Waals surface area contributed by atoms with Crippen LogP contribution in [-0.2, 0) is 9.59 Å². The quantitative estimate of drug-likeness (QED) is 0.536. The van der Waals surface area contributed by atoms with Gasteiger partial charge in [-0.15, -0.1) is 0 Å². The van der Waals surface area contributed by atoms with Crippen molar-refractivity contribution >= 4 is 17.9 Å². The lowest BCUT2D eigenvalue weighted by Gasteiger charge is -2.32. The third-order valence-electron chi connectivity index (χ3n) is 3.93. The van der Waals surface area contributed by atoms with Gasteiger partial charge in [-0.2, -0.15) is 0 Å².